The SMILES string of the molecule is COCCNCC1(Cc2ccc(F)cc2Cl)CC2CC2C1. The summed E-state index contributed by atoms with van der Waals surface area (Å²) in [6.07, 6.45) is 4.88. The molecule has 2 fully saturated rings. The molecule has 4 heteroatoms. The summed E-state index contributed by atoms with van der Waals surface area (Å²) in [5, 5.41) is 4.08. The number of fused-ring (bicyclic) bond motifs is 1. The topological polar surface area (TPSA) is 21.3 Å². The van der Waals surface area contributed by atoms with Crippen LogP contribution in [0.2, 0.25) is 5.02 Å². The van der Waals surface area contributed by atoms with Crippen molar-refractivity contribution in [3.8, 4) is 0 Å². The van der Waals surface area contributed by atoms with E-state index in [1.165, 1.54) is 31.4 Å². The van der Waals surface area contributed by atoms with Crippen molar-refractivity contribution in [2.45, 2.75) is 25.7 Å². The lowest BCUT2D eigenvalue weighted by Crippen LogP contribution is -2.36. The molecular formula is C17H23ClFNO. The van der Waals surface area contributed by atoms with Crippen molar-refractivity contribution < 1.29 is 9.13 Å². The second kappa shape index (κ2) is 6.23. The van der Waals surface area contributed by atoms with E-state index in [0.29, 0.717) is 5.02 Å². The Morgan fingerprint density at radius 2 is 2.14 bits per heavy atom. The highest BCUT2D eigenvalue weighted by Crippen LogP contribution is 2.60. The van der Waals surface area contributed by atoms with Gasteiger partial charge in [0.05, 0.1) is 6.61 Å². The molecule has 116 valence electrons. The summed E-state index contributed by atoms with van der Waals surface area (Å²) < 4.78 is 18.3. The molecule has 0 saturated heterocycles. The number of nitrogens with one attached hydrogen (secondary N) is 1. The summed E-state index contributed by atoms with van der Waals surface area (Å²) in [4.78, 5) is 0. The molecule has 1 N–H and O–H groups in total. The third kappa shape index (κ3) is 3.58. The van der Waals surface area contributed by atoms with Gasteiger partial charge in [-0.25, -0.2) is 4.39 Å². The normalized spacial score (nSPS) is 30.4. The average molecular weight is 312 g/mol. The van der Waals surface area contributed by atoms with Crippen molar-refractivity contribution >= 4 is 11.6 Å². The van der Waals surface area contributed by atoms with E-state index in [9.17, 15) is 4.39 Å². The third-order valence-electron chi connectivity index (χ3n) is 5.02. The van der Waals surface area contributed by atoms with Crippen molar-refractivity contribution in [2.24, 2.45) is 17.3 Å². The van der Waals surface area contributed by atoms with E-state index in [2.05, 4.69) is 5.32 Å². The van der Waals surface area contributed by atoms with Crippen LogP contribution in [0.5, 0.6) is 0 Å². The number of rotatable bonds is 7. The van der Waals surface area contributed by atoms with Gasteiger partial charge in [-0.15, -0.1) is 0 Å². The van der Waals surface area contributed by atoms with Crippen molar-refractivity contribution in [1.29, 1.82) is 0 Å². The molecule has 2 atom stereocenters. The Balaban J connectivity index is 1.67. The minimum Gasteiger partial charge on any atom is -0.383 e. The van der Waals surface area contributed by atoms with E-state index in [4.69, 9.17) is 16.3 Å². The van der Waals surface area contributed by atoms with Crippen LogP contribution in [0.3, 0.4) is 0 Å². The van der Waals surface area contributed by atoms with Gasteiger partial charge >= 0.3 is 0 Å². The maximum absolute atomic E-state index is 13.2. The van der Waals surface area contributed by atoms with Gasteiger partial charge in [-0.05, 0) is 60.6 Å². The van der Waals surface area contributed by atoms with Gasteiger partial charge in [-0.2, -0.15) is 0 Å². The Labute approximate surface area is 131 Å². The van der Waals surface area contributed by atoms with E-state index < -0.39 is 0 Å². The number of halogens is 2. The molecule has 0 aliphatic heterocycles. The number of benzene rings is 1. The zero-order valence-electron chi connectivity index (χ0n) is 12.5. The Bertz CT molecular complexity index is 498. The summed E-state index contributed by atoms with van der Waals surface area (Å²) in [6.45, 7) is 2.61. The fourth-order valence-electron chi connectivity index (χ4n) is 3.95. The summed E-state index contributed by atoms with van der Waals surface area (Å²) in [6, 6.07) is 4.79. The highest BCUT2D eigenvalue weighted by Gasteiger charge is 2.53. The van der Waals surface area contributed by atoms with Crippen LogP contribution in [0.4, 0.5) is 4.39 Å². The van der Waals surface area contributed by atoms with E-state index in [1.807, 2.05) is 6.07 Å². The quantitative estimate of drug-likeness (QED) is 0.776. The Morgan fingerprint density at radius 3 is 2.81 bits per heavy atom. The first-order valence-corrected chi connectivity index (χ1v) is 8.13. The molecule has 21 heavy (non-hydrogen) atoms. The first kappa shape index (κ1) is 15.3. The second-order valence-corrected chi connectivity index (χ2v) is 7.15. The second-order valence-electron chi connectivity index (χ2n) is 6.75. The summed E-state index contributed by atoms with van der Waals surface area (Å²) >= 11 is 6.22. The van der Waals surface area contributed by atoms with E-state index in [-0.39, 0.29) is 11.2 Å². The number of hydrogen-bond donors (Lipinski definition) is 1. The van der Waals surface area contributed by atoms with Crippen LogP contribution < -0.4 is 5.32 Å². The van der Waals surface area contributed by atoms with Crippen LogP contribution >= 0.6 is 11.6 Å². The summed E-state index contributed by atoms with van der Waals surface area (Å²) in [7, 11) is 1.72. The molecular weight excluding hydrogens is 289 g/mol. The minimum atomic E-state index is -0.259. The van der Waals surface area contributed by atoms with Crippen LogP contribution in [0.25, 0.3) is 0 Å². The molecule has 2 aliphatic rings. The Morgan fingerprint density at radius 1 is 1.38 bits per heavy atom. The molecule has 2 unspecified atom stereocenters. The molecule has 2 aliphatic carbocycles. The molecule has 2 nitrogen and oxygen atoms in total. The van der Waals surface area contributed by atoms with Gasteiger partial charge in [-0.1, -0.05) is 17.7 Å². The smallest absolute Gasteiger partial charge is 0.124 e. The fourth-order valence-corrected chi connectivity index (χ4v) is 4.19. The molecule has 0 radical (unpaired) electrons. The number of methoxy groups -OCH3 is 1. The molecule has 2 saturated carbocycles. The molecule has 0 heterocycles. The van der Waals surface area contributed by atoms with Gasteiger partial charge in [0.25, 0.3) is 0 Å². The van der Waals surface area contributed by atoms with E-state index in [0.717, 1.165) is 43.5 Å². The summed E-state index contributed by atoms with van der Waals surface area (Å²) in [5.41, 5.74) is 1.36. The zero-order valence-corrected chi connectivity index (χ0v) is 13.3. The van der Waals surface area contributed by atoms with E-state index >= 15 is 0 Å². The van der Waals surface area contributed by atoms with Gasteiger partial charge in [0.2, 0.25) is 0 Å². The molecule has 0 amide bonds. The van der Waals surface area contributed by atoms with Crippen molar-refractivity contribution in [3.63, 3.8) is 0 Å². The van der Waals surface area contributed by atoms with Gasteiger partial charge in [0, 0.05) is 25.2 Å². The first-order valence-electron chi connectivity index (χ1n) is 7.75. The largest absolute Gasteiger partial charge is 0.383 e. The van der Waals surface area contributed by atoms with Crippen LogP contribution in [-0.4, -0.2) is 26.8 Å². The van der Waals surface area contributed by atoms with Gasteiger partial charge in [0.1, 0.15) is 5.82 Å². The third-order valence-corrected chi connectivity index (χ3v) is 5.37. The predicted octanol–water partition coefficient (Wildman–Crippen LogP) is 3.67. The van der Waals surface area contributed by atoms with Crippen LogP contribution in [0.1, 0.15) is 24.8 Å². The molecule has 0 bridgehead atoms. The molecule has 1 aromatic rings. The Hall–Kier alpha value is -0.640. The summed E-state index contributed by atoms with van der Waals surface area (Å²) in [5.74, 6) is 1.56. The van der Waals surface area contributed by atoms with E-state index in [1.54, 1.807) is 7.11 Å². The maximum Gasteiger partial charge on any atom is 0.124 e. The van der Waals surface area contributed by atoms with Crippen molar-refractivity contribution in [2.75, 3.05) is 26.8 Å². The number of ether oxygens (including phenoxy) is 1. The number of hydrogen-bond acceptors (Lipinski definition) is 2. The zero-order chi connectivity index (χ0) is 14.9. The standard InChI is InChI=1S/C17H23ClFNO/c1-21-5-4-20-11-17(9-13-6-14(13)10-17)8-12-2-3-15(19)7-16(12)18/h2-3,7,13-14,20H,4-6,8-11H2,1H3. The average Bonchev–Trinajstić information content (AvgIpc) is 3.07. The highest BCUT2D eigenvalue weighted by molar-refractivity contribution is 6.31. The van der Waals surface area contributed by atoms with Crippen LogP contribution in [0, 0.1) is 23.1 Å². The van der Waals surface area contributed by atoms with Crippen molar-refractivity contribution in [3.05, 3.63) is 34.6 Å². The first-order chi connectivity index (χ1) is 10.1. The maximum atomic E-state index is 13.2. The molecule has 3 rings (SSSR count). The minimum absolute atomic E-state index is 0.259. The molecule has 1 aromatic carbocycles. The molecule has 0 aromatic heterocycles. The van der Waals surface area contributed by atoms with Gasteiger partial charge in [0.15, 0.2) is 0 Å². The fraction of sp³-hybridized carbons (Fsp3) is 0.647. The van der Waals surface area contributed by atoms with Gasteiger partial charge < -0.3 is 10.1 Å². The van der Waals surface area contributed by atoms with Crippen LogP contribution in [-0.2, 0) is 11.2 Å². The lowest BCUT2D eigenvalue weighted by Gasteiger charge is -2.32. The predicted molar refractivity (Wildman–Crippen MR) is 83.1 cm³/mol. The Kier molecular flexibility index (Phi) is 4.53. The van der Waals surface area contributed by atoms with Crippen molar-refractivity contribution in [1.82, 2.24) is 5.32 Å². The highest BCUT2D eigenvalue weighted by atomic mass is 35.5. The van der Waals surface area contributed by atoms with Crippen LogP contribution in [0.15, 0.2) is 18.2 Å². The molecule has 0 spiro atoms. The lowest BCUT2D eigenvalue weighted by atomic mass is 9.77. The lowest BCUT2D eigenvalue weighted by molar-refractivity contribution is 0.186. The monoisotopic (exact) mass is 311 g/mol. The van der Waals surface area contributed by atoms with Gasteiger partial charge in [-0.3, -0.25) is 0 Å².